The number of carbonyl (C=O) groups excluding carboxylic acids is 1. The van der Waals surface area contributed by atoms with Crippen molar-refractivity contribution in [2.75, 3.05) is 24.2 Å². The summed E-state index contributed by atoms with van der Waals surface area (Å²) in [7, 11) is -0.975. The van der Waals surface area contributed by atoms with Gasteiger partial charge in [-0.05, 0) is 48.0 Å². The molecule has 38 heavy (non-hydrogen) atoms. The minimum Gasteiger partial charge on any atom is -0.504 e. The first-order valence-electron chi connectivity index (χ1n) is 10.4. The van der Waals surface area contributed by atoms with E-state index in [1.54, 1.807) is 14.1 Å². The predicted molar refractivity (Wildman–Crippen MR) is 138 cm³/mol. The molecule has 0 saturated heterocycles. The molecule has 3 rings (SSSR count). The Kier molecular flexibility index (Phi) is 9.70. The van der Waals surface area contributed by atoms with Crippen LogP contribution >= 0.6 is 0 Å². The Labute approximate surface area is 216 Å². The number of hydrogen-bond acceptors (Lipinski definition) is 10. The predicted octanol–water partition coefficient (Wildman–Crippen LogP) is 2.66. The van der Waals surface area contributed by atoms with E-state index in [2.05, 4.69) is 15.2 Å². The molecule has 0 bridgehead atoms. The van der Waals surface area contributed by atoms with Crippen LogP contribution in [-0.4, -0.2) is 66.2 Å². The number of nitrogens with zero attached hydrogens (tertiary/aromatic N) is 3. The number of carboxylic acids is 1. The van der Waals surface area contributed by atoms with Gasteiger partial charge in [-0.1, -0.05) is 12.1 Å². The lowest BCUT2D eigenvalue weighted by molar-refractivity contribution is -0.384. The van der Waals surface area contributed by atoms with E-state index in [9.17, 15) is 43.4 Å². The van der Waals surface area contributed by atoms with Gasteiger partial charge in [0.2, 0.25) is 6.41 Å². The minimum absolute atomic E-state index is 0.121. The zero-order valence-electron chi connectivity index (χ0n) is 20.0. The fourth-order valence-electron chi connectivity index (χ4n) is 2.68. The maximum absolute atomic E-state index is 12.7. The first-order chi connectivity index (χ1) is 17.9. The number of hydrazone groups is 1. The Bertz CT molecular complexity index is 1470. The van der Waals surface area contributed by atoms with Gasteiger partial charge in [-0.3, -0.25) is 25.1 Å². The van der Waals surface area contributed by atoms with Crippen LogP contribution in [0.2, 0.25) is 0 Å². The number of anilines is 2. The molecule has 3 aromatic carbocycles. The molecule has 0 aromatic heterocycles. The highest BCUT2D eigenvalue weighted by atomic mass is 32.2. The van der Waals surface area contributed by atoms with Gasteiger partial charge in [0.25, 0.3) is 15.7 Å². The van der Waals surface area contributed by atoms with Gasteiger partial charge in [0.15, 0.2) is 11.5 Å². The van der Waals surface area contributed by atoms with Crippen LogP contribution in [0.3, 0.4) is 0 Å². The number of carboxylic acid groups (broad SMARTS) is 1. The largest absolute Gasteiger partial charge is 0.504 e. The summed E-state index contributed by atoms with van der Waals surface area (Å²) >= 11 is 0. The smallest absolute Gasteiger partial charge is 0.337 e. The molecular weight excluding hydrogens is 522 g/mol. The zero-order chi connectivity index (χ0) is 28.5. The Hall–Kier alpha value is -5.18. The van der Waals surface area contributed by atoms with Gasteiger partial charge >= 0.3 is 5.97 Å². The van der Waals surface area contributed by atoms with Crippen LogP contribution in [0.15, 0.2) is 70.7 Å². The summed E-state index contributed by atoms with van der Waals surface area (Å²) in [5, 5.41) is 43.3. The monoisotopic (exact) mass is 545 g/mol. The average molecular weight is 546 g/mol. The molecule has 0 fully saturated rings. The van der Waals surface area contributed by atoms with Crippen LogP contribution in [0.1, 0.15) is 15.9 Å². The number of para-hydroxylation sites is 1. The summed E-state index contributed by atoms with van der Waals surface area (Å²) in [6, 6.07) is 12.2. The number of nitro benzene ring substituents is 1. The highest BCUT2D eigenvalue weighted by Crippen LogP contribution is 2.29. The fraction of sp³-hybridized carbons (Fsp3) is 0.0870. The zero-order valence-corrected chi connectivity index (χ0v) is 20.8. The van der Waals surface area contributed by atoms with E-state index in [0.717, 1.165) is 24.6 Å². The molecule has 0 aliphatic carbocycles. The molecule has 0 spiro atoms. The number of rotatable bonds is 9. The number of aromatic carboxylic acids is 1. The molecule has 14 nitrogen and oxygen atoms in total. The maximum Gasteiger partial charge on any atom is 0.337 e. The summed E-state index contributed by atoms with van der Waals surface area (Å²) in [6.07, 6.45) is 1.97. The van der Waals surface area contributed by atoms with Gasteiger partial charge in [0.1, 0.15) is 5.69 Å². The van der Waals surface area contributed by atoms with Crippen molar-refractivity contribution in [3.8, 4) is 11.5 Å². The summed E-state index contributed by atoms with van der Waals surface area (Å²) in [4.78, 5) is 32.4. The summed E-state index contributed by atoms with van der Waals surface area (Å²) < 4.78 is 27.5. The summed E-state index contributed by atoms with van der Waals surface area (Å²) in [5.41, 5.74) is 1.59. The third-order valence-electron chi connectivity index (χ3n) is 4.49. The summed E-state index contributed by atoms with van der Waals surface area (Å²) in [5.74, 6) is -2.05. The second kappa shape index (κ2) is 12.7. The van der Waals surface area contributed by atoms with Gasteiger partial charge in [-0.15, -0.1) is 0 Å². The second-order valence-electron chi connectivity index (χ2n) is 7.58. The molecule has 0 aliphatic rings. The van der Waals surface area contributed by atoms with Crippen LogP contribution in [0.25, 0.3) is 0 Å². The van der Waals surface area contributed by atoms with Gasteiger partial charge in [0.05, 0.1) is 27.3 Å². The number of nitrogens with one attached hydrogen (secondary N) is 2. The first kappa shape index (κ1) is 29.1. The maximum atomic E-state index is 12.7. The SMILES string of the molecule is CN(C)C=O.O=C(O)c1ccccc1NS(=O)(=O)c1ccc(N/N=C/c2ccc(O)c(O)c2)c([N+](=O)[O-])c1. The van der Waals surface area contributed by atoms with E-state index in [4.69, 9.17) is 0 Å². The highest BCUT2D eigenvalue weighted by Gasteiger charge is 2.23. The topological polar surface area (TPSA) is 212 Å². The number of benzene rings is 3. The number of nitro groups is 1. The van der Waals surface area contributed by atoms with Crippen LogP contribution in [0.5, 0.6) is 11.5 Å². The van der Waals surface area contributed by atoms with E-state index >= 15 is 0 Å². The molecule has 0 heterocycles. The standard InChI is InChI=1S/C20H16N4O8S.C3H7NO/c25-18-8-5-12(9-19(18)26)11-21-22-16-7-6-13(10-17(16)24(29)30)33(31,32)23-15-4-2-1-3-14(15)20(27)28;1-4(2)3-5/h1-11,22-23,25-26H,(H,27,28);3H,1-2H3/b21-11+;. The van der Waals surface area contributed by atoms with Crippen LogP contribution in [0.4, 0.5) is 17.1 Å². The normalized spacial score (nSPS) is 10.7. The first-order valence-corrected chi connectivity index (χ1v) is 11.9. The second-order valence-corrected chi connectivity index (χ2v) is 9.26. The van der Waals surface area contributed by atoms with Gasteiger partial charge < -0.3 is 20.2 Å². The number of sulfonamides is 1. The number of phenols is 2. The van der Waals surface area contributed by atoms with E-state index in [0.29, 0.717) is 5.56 Å². The lowest BCUT2D eigenvalue weighted by Gasteiger charge is -2.11. The molecule has 0 unspecified atom stereocenters. The molecule has 1 amide bonds. The number of aromatic hydroxyl groups is 2. The van der Waals surface area contributed by atoms with Crippen LogP contribution in [0, 0.1) is 10.1 Å². The Morgan fingerprint density at radius 2 is 1.68 bits per heavy atom. The van der Waals surface area contributed by atoms with Crippen molar-refractivity contribution in [3.05, 3.63) is 81.9 Å². The molecule has 0 saturated carbocycles. The third-order valence-corrected chi connectivity index (χ3v) is 5.85. The summed E-state index contributed by atoms with van der Waals surface area (Å²) in [6.45, 7) is 0. The average Bonchev–Trinajstić information content (AvgIpc) is 2.86. The van der Waals surface area contributed by atoms with Crippen molar-refractivity contribution >= 4 is 45.7 Å². The van der Waals surface area contributed by atoms with E-state index < -0.39 is 31.5 Å². The molecule has 0 aliphatic heterocycles. The van der Waals surface area contributed by atoms with Crippen molar-refractivity contribution < 1.29 is 38.2 Å². The number of phenolic OH excluding ortho intramolecular Hbond substituents is 2. The van der Waals surface area contributed by atoms with E-state index in [1.807, 2.05) is 0 Å². The van der Waals surface area contributed by atoms with Crippen molar-refractivity contribution in [3.63, 3.8) is 0 Å². The van der Waals surface area contributed by atoms with Crippen molar-refractivity contribution in [2.45, 2.75) is 4.90 Å². The van der Waals surface area contributed by atoms with Gasteiger partial charge in [0, 0.05) is 20.2 Å². The fourth-order valence-corrected chi connectivity index (χ4v) is 3.78. The molecule has 5 N–H and O–H groups in total. The number of amides is 1. The van der Waals surface area contributed by atoms with Crippen molar-refractivity contribution in [1.82, 2.24) is 4.90 Å². The Balaban J connectivity index is 0.000000926. The number of hydrogen-bond donors (Lipinski definition) is 5. The highest BCUT2D eigenvalue weighted by molar-refractivity contribution is 7.92. The van der Waals surface area contributed by atoms with Crippen molar-refractivity contribution in [1.29, 1.82) is 0 Å². The molecule has 200 valence electrons. The van der Waals surface area contributed by atoms with Crippen molar-refractivity contribution in [2.24, 2.45) is 5.10 Å². The molecule has 0 radical (unpaired) electrons. The van der Waals surface area contributed by atoms with E-state index in [-0.39, 0.29) is 28.4 Å². The molecular formula is C23H23N5O9S. The molecule has 0 atom stereocenters. The molecule has 15 heteroatoms. The lowest BCUT2D eigenvalue weighted by Crippen LogP contribution is -2.16. The van der Waals surface area contributed by atoms with Crippen LogP contribution < -0.4 is 10.1 Å². The van der Waals surface area contributed by atoms with E-state index in [1.165, 1.54) is 53.6 Å². The van der Waals surface area contributed by atoms with Gasteiger partial charge in [-0.25, -0.2) is 13.2 Å². The quantitative estimate of drug-likeness (QED) is 0.0871. The van der Waals surface area contributed by atoms with Crippen LogP contribution in [-0.2, 0) is 14.8 Å². The minimum atomic E-state index is -4.35. The number of carbonyl (C=O) groups is 2. The lowest BCUT2D eigenvalue weighted by atomic mass is 10.2. The molecule has 3 aromatic rings. The Morgan fingerprint density at radius 1 is 1.03 bits per heavy atom. The Morgan fingerprint density at radius 3 is 2.26 bits per heavy atom. The third kappa shape index (κ3) is 7.92. The van der Waals surface area contributed by atoms with Gasteiger partial charge in [-0.2, -0.15) is 5.10 Å².